The molecular weight excluding hydrogens is 614 g/mol. The summed E-state index contributed by atoms with van der Waals surface area (Å²) >= 11 is 0. The first-order valence-corrected chi connectivity index (χ1v) is 14.2. The maximum Gasteiger partial charge on any atom is 0.328 e. The number of fused-ring (bicyclic) bond motifs is 1. The van der Waals surface area contributed by atoms with Gasteiger partial charge in [-0.25, -0.2) is 19.2 Å². The summed E-state index contributed by atoms with van der Waals surface area (Å²) in [4.78, 5) is 54.0. The van der Waals surface area contributed by atoms with Crippen molar-refractivity contribution < 1.29 is 44.0 Å². The molecule has 3 aromatic rings. The lowest BCUT2D eigenvalue weighted by Gasteiger charge is -2.32. The summed E-state index contributed by atoms with van der Waals surface area (Å²) in [6.45, 7) is 11.1. The molecule has 0 radical (unpaired) electrons. The number of rotatable bonds is 14. The summed E-state index contributed by atoms with van der Waals surface area (Å²) in [5.74, 6) is -2.29. The molecule has 16 nitrogen and oxygen atoms in total. The molecule has 0 unspecified atom stereocenters. The van der Waals surface area contributed by atoms with E-state index in [1.807, 2.05) is 18.2 Å². The van der Waals surface area contributed by atoms with E-state index in [1.54, 1.807) is 12.2 Å². The van der Waals surface area contributed by atoms with Crippen molar-refractivity contribution in [1.29, 1.82) is 0 Å². The fraction of sp³-hybridized carbons (Fsp3) is 0.258. The number of hydrogen-bond acceptors (Lipinski definition) is 12. The van der Waals surface area contributed by atoms with Gasteiger partial charge in [-0.1, -0.05) is 30.4 Å². The number of benzene rings is 1. The van der Waals surface area contributed by atoms with Gasteiger partial charge in [0.1, 0.15) is 11.3 Å². The number of para-hydroxylation sites is 1. The summed E-state index contributed by atoms with van der Waals surface area (Å²) < 4.78 is 5.91. The smallest absolute Gasteiger partial charge is 0.328 e. The van der Waals surface area contributed by atoms with Gasteiger partial charge in [0.2, 0.25) is 17.8 Å². The molecule has 2 aromatic heterocycles. The fourth-order valence-electron chi connectivity index (χ4n) is 3.93. The first-order valence-electron chi connectivity index (χ1n) is 14.2. The number of anilines is 3. The molecule has 0 aliphatic carbocycles. The van der Waals surface area contributed by atoms with E-state index in [0.29, 0.717) is 61.3 Å². The standard InChI is InChI=1S/C23H29N7O.2C4H4O4/c1-3-11-24-21-27-22(25-12-4-2)29-23(28-21)30-13-9-18(10-14-30)26-16-19-15-17-7-5-6-8-20(17)31-19;2*5-3(6)1-2-4(7)8/h3-8,15,18,26H,1-2,9-14,16H2,(H2,24,25,27,28,29);2*1-2H,(H,5,6)(H,7,8)/b;2*2-1+. The van der Waals surface area contributed by atoms with E-state index >= 15 is 0 Å². The second-order valence-electron chi connectivity index (χ2n) is 9.53. The number of nitrogens with zero attached hydrogens (tertiary/aromatic N) is 4. The zero-order valence-corrected chi connectivity index (χ0v) is 25.4. The van der Waals surface area contributed by atoms with Crippen molar-refractivity contribution in [3.63, 3.8) is 0 Å². The SMILES string of the molecule is C=CCNc1nc(NCC=C)nc(N2CCC(NCc3cc4ccccc4o3)CC2)n1.O=C(O)/C=C/C(=O)O.O=C(O)/C=C/C(=O)O. The molecule has 16 heteroatoms. The molecule has 0 spiro atoms. The molecule has 250 valence electrons. The van der Waals surface area contributed by atoms with Crippen molar-refractivity contribution in [2.24, 2.45) is 0 Å². The highest BCUT2D eigenvalue weighted by atomic mass is 16.4. The monoisotopic (exact) mass is 651 g/mol. The van der Waals surface area contributed by atoms with E-state index in [1.165, 1.54) is 0 Å². The van der Waals surface area contributed by atoms with Gasteiger partial charge >= 0.3 is 23.9 Å². The van der Waals surface area contributed by atoms with E-state index in [4.69, 9.17) is 24.8 Å². The summed E-state index contributed by atoms with van der Waals surface area (Å²) in [6, 6.07) is 10.6. The predicted molar refractivity (Wildman–Crippen MR) is 174 cm³/mol. The van der Waals surface area contributed by atoms with Gasteiger partial charge in [0, 0.05) is 61.9 Å². The Morgan fingerprint density at radius 1 is 0.809 bits per heavy atom. The molecule has 0 atom stereocenters. The summed E-state index contributed by atoms with van der Waals surface area (Å²) in [5.41, 5.74) is 0.936. The van der Waals surface area contributed by atoms with Crippen molar-refractivity contribution in [2.75, 3.05) is 41.7 Å². The zero-order valence-electron chi connectivity index (χ0n) is 25.4. The van der Waals surface area contributed by atoms with Crippen LogP contribution in [0.5, 0.6) is 0 Å². The first kappa shape index (κ1) is 37.2. The van der Waals surface area contributed by atoms with Crippen LogP contribution in [0.3, 0.4) is 0 Å². The molecule has 1 fully saturated rings. The van der Waals surface area contributed by atoms with Gasteiger partial charge < -0.3 is 45.7 Å². The van der Waals surface area contributed by atoms with Crippen molar-refractivity contribution in [2.45, 2.75) is 25.4 Å². The molecule has 1 aliphatic heterocycles. The number of carbonyl (C=O) groups is 4. The number of carboxylic acid groups (broad SMARTS) is 4. The Bertz CT molecular complexity index is 1450. The lowest BCUT2D eigenvalue weighted by molar-refractivity contribution is -0.134. The molecule has 1 saturated heterocycles. The van der Waals surface area contributed by atoms with Crippen molar-refractivity contribution in [3.05, 3.63) is 85.7 Å². The van der Waals surface area contributed by atoms with Crippen molar-refractivity contribution >= 4 is 52.7 Å². The zero-order chi connectivity index (χ0) is 34.6. The third kappa shape index (κ3) is 15.0. The number of nitrogens with one attached hydrogen (secondary N) is 3. The molecule has 3 heterocycles. The number of carboxylic acids is 4. The Kier molecular flexibility index (Phi) is 15.9. The van der Waals surface area contributed by atoms with Crippen molar-refractivity contribution in [1.82, 2.24) is 20.3 Å². The highest BCUT2D eigenvalue weighted by molar-refractivity contribution is 5.90. The largest absolute Gasteiger partial charge is 0.478 e. The second-order valence-corrected chi connectivity index (χ2v) is 9.53. The molecule has 0 amide bonds. The van der Waals surface area contributed by atoms with E-state index < -0.39 is 23.9 Å². The highest BCUT2D eigenvalue weighted by Crippen LogP contribution is 2.21. The Morgan fingerprint density at radius 3 is 1.74 bits per heavy atom. The second kappa shape index (κ2) is 20.1. The van der Waals surface area contributed by atoms with E-state index in [-0.39, 0.29) is 0 Å². The maximum absolute atomic E-state index is 9.55. The number of aliphatic carboxylic acids is 4. The minimum atomic E-state index is -1.26. The van der Waals surface area contributed by atoms with Gasteiger partial charge in [-0.15, -0.1) is 13.2 Å². The molecule has 7 N–H and O–H groups in total. The maximum atomic E-state index is 9.55. The lowest BCUT2D eigenvalue weighted by Crippen LogP contribution is -2.43. The molecule has 47 heavy (non-hydrogen) atoms. The third-order valence-electron chi connectivity index (χ3n) is 5.99. The average Bonchev–Trinajstić information content (AvgIpc) is 3.47. The Balaban J connectivity index is 0.000000397. The van der Waals surface area contributed by atoms with Crippen LogP contribution < -0.4 is 20.9 Å². The van der Waals surface area contributed by atoms with E-state index in [9.17, 15) is 19.2 Å². The van der Waals surface area contributed by atoms with E-state index in [0.717, 1.165) is 49.2 Å². The van der Waals surface area contributed by atoms with Gasteiger partial charge in [-0.2, -0.15) is 15.0 Å². The normalized spacial score (nSPS) is 12.8. The average molecular weight is 652 g/mol. The van der Waals surface area contributed by atoms with Crippen LogP contribution in [0.4, 0.5) is 17.8 Å². The van der Waals surface area contributed by atoms with Crippen molar-refractivity contribution in [3.8, 4) is 0 Å². The number of hydrogen-bond donors (Lipinski definition) is 7. The predicted octanol–water partition coefficient (Wildman–Crippen LogP) is 3.00. The summed E-state index contributed by atoms with van der Waals surface area (Å²) in [5, 5.41) is 42.3. The molecule has 1 aromatic carbocycles. The Labute approximate surface area is 269 Å². The fourth-order valence-corrected chi connectivity index (χ4v) is 3.93. The van der Waals surface area contributed by atoms with Crippen LogP contribution in [0.1, 0.15) is 18.6 Å². The quantitative estimate of drug-likeness (QED) is 0.0979. The number of piperidine rings is 1. The molecule has 0 saturated carbocycles. The van der Waals surface area contributed by atoms with Gasteiger partial charge in [0.05, 0.1) is 6.54 Å². The third-order valence-corrected chi connectivity index (χ3v) is 5.99. The molecule has 0 bridgehead atoms. The van der Waals surface area contributed by atoms with Crippen LogP contribution in [0.2, 0.25) is 0 Å². The topological polar surface area (TPSA) is 240 Å². The Morgan fingerprint density at radius 2 is 1.30 bits per heavy atom. The van der Waals surface area contributed by atoms with Crippen LogP contribution in [0.15, 0.2) is 84.4 Å². The van der Waals surface area contributed by atoms with Gasteiger partial charge in [0.25, 0.3) is 0 Å². The highest BCUT2D eigenvalue weighted by Gasteiger charge is 2.22. The number of furan rings is 1. The van der Waals surface area contributed by atoms with Gasteiger partial charge in [-0.05, 0) is 25.0 Å². The minimum absolute atomic E-state index is 0.433. The van der Waals surface area contributed by atoms with Crippen LogP contribution in [-0.4, -0.2) is 91.5 Å². The summed E-state index contributed by atoms with van der Waals surface area (Å²) in [6.07, 6.45) is 7.81. The van der Waals surface area contributed by atoms with Crippen LogP contribution in [0, 0.1) is 0 Å². The van der Waals surface area contributed by atoms with Gasteiger partial charge in [0.15, 0.2) is 0 Å². The number of aromatic nitrogens is 3. The first-order chi connectivity index (χ1) is 22.5. The van der Waals surface area contributed by atoms with Crippen LogP contribution in [-0.2, 0) is 25.7 Å². The molecular formula is C31H37N7O9. The minimum Gasteiger partial charge on any atom is -0.478 e. The molecule has 1 aliphatic rings. The molecule has 4 rings (SSSR count). The van der Waals surface area contributed by atoms with Crippen LogP contribution >= 0.6 is 0 Å². The van der Waals surface area contributed by atoms with Gasteiger partial charge in [-0.3, -0.25) is 0 Å². The van der Waals surface area contributed by atoms with E-state index in [2.05, 4.69) is 61.1 Å². The lowest BCUT2D eigenvalue weighted by atomic mass is 10.1. The summed E-state index contributed by atoms with van der Waals surface area (Å²) in [7, 11) is 0. The Hall–Kier alpha value is -6.03. The van der Waals surface area contributed by atoms with Crippen LogP contribution in [0.25, 0.3) is 11.0 Å².